The molecule has 4 aromatic rings. The molecule has 0 spiro atoms. The zero-order valence-electron chi connectivity index (χ0n) is 15.7. The van der Waals surface area contributed by atoms with Crippen molar-refractivity contribution in [3.63, 3.8) is 0 Å². The Kier molecular flexibility index (Phi) is 5.27. The molecule has 4 rings (SSSR count). The number of rotatable bonds is 6. The lowest BCUT2D eigenvalue weighted by Crippen LogP contribution is -2.37. The predicted octanol–water partition coefficient (Wildman–Crippen LogP) is 3.29. The Hall–Kier alpha value is -3.64. The van der Waals surface area contributed by atoms with Crippen molar-refractivity contribution < 1.29 is 14.3 Å². The Morgan fingerprint density at radius 1 is 0.931 bits per heavy atom. The quantitative estimate of drug-likeness (QED) is 0.550. The highest BCUT2D eigenvalue weighted by atomic mass is 16.4. The highest BCUT2D eigenvalue weighted by molar-refractivity contribution is 5.94. The van der Waals surface area contributed by atoms with Crippen LogP contribution in [0, 0.1) is 0 Å². The van der Waals surface area contributed by atoms with Crippen LogP contribution >= 0.6 is 0 Å². The fourth-order valence-electron chi connectivity index (χ4n) is 3.35. The highest BCUT2D eigenvalue weighted by Crippen LogP contribution is 2.24. The first-order valence-corrected chi connectivity index (χ1v) is 9.32. The molecule has 1 heterocycles. The minimum absolute atomic E-state index is 0.142. The molecule has 6 nitrogen and oxygen atoms in total. The Balaban J connectivity index is 1.70. The van der Waals surface area contributed by atoms with E-state index in [0.29, 0.717) is 16.8 Å². The largest absolute Gasteiger partial charge is 0.420 e. The first kappa shape index (κ1) is 18.7. The second-order valence-electron chi connectivity index (χ2n) is 6.61. The van der Waals surface area contributed by atoms with Crippen molar-refractivity contribution in [1.82, 2.24) is 4.57 Å². The molecule has 1 amide bonds. The predicted molar refractivity (Wildman–Crippen MR) is 112 cm³/mol. The average molecular weight is 388 g/mol. The van der Waals surface area contributed by atoms with Crippen molar-refractivity contribution in [3.05, 3.63) is 89.4 Å². The molecule has 0 unspecified atom stereocenters. The minimum atomic E-state index is -0.587. The molecule has 0 aliphatic carbocycles. The normalized spacial score (nSPS) is 10.9. The molecule has 1 N–H and O–H groups in total. The molecular weight excluding hydrogens is 368 g/mol. The van der Waals surface area contributed by atoms with Crippen molar-refractivity contribution in [2.24, 2.45) is 0 Å². The lowest BCUT2D eigenvalue weighted by molar-refractivity contribution is -0.119. The van der Waals surface area contributed by atoms with Crippen LogP contribution in [0.3, 0.4) is 0 Å². The van der Waals surface area contributed by atoms with E-state index in [0.717, 1.165) is 11.1 Å². The van der Waals surface area contributed by atoms with Gasteiger partial charge in [-0.1, -0.05) is 54.6 Å². The van der Waals surface area contributed by atoms with E-state index in [1.807, 2.05) is 60.7 Å². The van der Waals surface area contributed by atoms with Crippen LogP contribution in [-0.2, 0) is 11.3 Å². The van der Waals surface area contributed by atoms with Gasteiger partial charge in [0.05, 0.1) is 12.1 Å². The summed E-state index contributed by atoms with van der Waals surface area (Å²) in [5, 5.41) is 9.38. The number of hydrogen-bond donors (Lipinski definition) is 1. The van der Waals surface area contributed by atoms with Gasteiger partial charge in [-0.15, -0.1) is 0 Å². The molecule has 29 heavy (non-hydrogen) atoms. The third kappa shape index (κ3) is 3.83. The first-order valence-electron chi connectivity index (χ1n) is 9.32. The number of aliphatic hydroxyl groups is 1. The third-order valence-electron chi connectivity index (χ3n) is 4.76. The van der Waals surface area contributed by atoms with Crippen molar-refractivity contribution in [2.75, 3.05) is 18.1 Å². The summed E-state index contributed by atoms with van der Waals surface area (Å²) in [5.41, 5.74) is 3.58. The zero-order chi connectivity index (χ0) is 20.2. The molecule has 0 atom stereocenters. The lowest BCUT2D eigenvalue weighted by atomic mass is 10.1. The molecule has 0 aliphatic heterocycles. The van der Waals surface area contributed by atoms with Crippen LogP contribution in [-0.4, -0.2) is 28.7 Å². The zero-order valence-corrected chi connectivity index (χ0v) is 15.7. The molecule has 0 bridgehead atoms. The maximum Gasteiger partial charge on any atom is 0.420 e. The van der Waals surface area contributed by atoms with Gasteiger partial charge in [0.2, 0.25) is 5.91 Å². The number of amides is 1. The summed E-state index contributed by atoms with van der Waals surface area (Å²) >= 11 is 0. The summed E-state index contributed by atoms with van der Waals surface area (Å²) in [4.78, 5) is 26.8. The standard InChI is InChI=1S/C23H20N2O4/c26-14-13-24(19-9-5-2-6-10-19)22(27)16-25-20-15-18(17-7-3-1-4-8-17)11-12-21(20)29-23(25)28/h1-12,15,26H,13-14,16H2. The van der Waals surface area contributed by atoms with Crippen LogP contribution in [0.2, 0.25) is 0 Å². The number of oxazole rings is 1. The second kappa shape index (κ2) is 8.16. The number of benzene rings is 3. The molecule has 6 heteroatoms. The van der Waals surface area contributed by atoms with Gasteiger partial charge in [0, 0.05) is 12.2 Å². The van der Waals surface area contributed by atoms with E-state index in [9.17, 15) is 14.7 Å². The Bertz CT molecular complexity index is 1180. The fourth-order valence-corrected chi connectivity index (χ4v) is 3.35. The number of aromatic nitrogens is 1. The van der Waals surface area contributed by atoms with Crippen LogP contribution in [0.15, 0.2) is 88.1 Å². The van der Waals surface area contributed by atoms with Crippen molar-refractivity contribution >= 4 is 22.7 Å². The van der Waals surface area contributed by atoms with Gasteiger partial charge in [-0.3, -0.25) is 9.36 Å². The van der Waals surface area contributed by atoms with E-state index in [1.165, 1.54) is 9.47 Å². The molecule has 0 fully saturated rings. The maximum atomic E-state index is 13.0. The summed E-state index contributed by atoms with van der Waals surface area (Å²) in [7, 11) is 0. The van der Waals surface area contributed by atoms with E-state index < -0.39 is 5.76 Å². The van der Waals surface area contributed by atoms with E-state index in [-0.39, 0.29) is 25.6 Å². The molecule has 0 aliphatic rings. The smallest absolute Gasteiger partial charge is 0.408 e. The van der Waals surface area contributed by atoms with E-state index >= 15 is 0 Å². The number of hydrogen-bond acceptors (Lipinski definition) is 4. The van der Waals surface area contributed by atoms with E-state index in [4.69, 9.17) is 4.42 Å². The van der Waals surface area contributed by atoms with Crippen LogP contribution in [0.4, 0.5) is 5.69 Å². The maximum absolute atomic E-state index is 13.0. The van der Waals surface area contributed by atoms with Gasteiger partial charge in [-0.05, 0) is 35.4 Å². The van der Waals surface area contributed by atoms with E-state index in [2.05, 4.69) is 0 Å². The van der Waals surface area contributed by atoms with Gasteiger partial charge in [0.1, 0.15) is 6.54 Å². The summed E-state index contributed by atoms with van der Waals surface area (Å²) in [6.07, 6.45) is 0. The summed E-state index contributed by atoms with van der Waals surface area (Å²) in [6, 6.07) is 24.3. The Morgan fingerprint density at radius 2 is 1.62 bits per heavy atom. The minimum Gasteiger partial charge on any atom is -0.408 e. The van der Waals surface area contributed by atoms with Crippen molar-refractivity contribution in [2.45, 2.75) is 6.54 Å². The summed E-state index contributed by atoms with van der Waals surface area (Å²) in [6.45, 7) is -0.221. The Labute approximate surface area is 167 Å². The average Bonchev–Trinajstić information content (AvgIpc) is 3.07. The van der Waals surface area contributed by atoms with Crippen LogP contribution in [0.25, 0.3) is 22.2 Å². The molecular formula is C23H20N2O4. The van der Waals surface area contributed by atoms with Crippen molar-refractivity contribution in [1.29, 1.82) is 0 Å². The number of carbonyl (C=O) groups is 1. The van der Waals surface area contributed by atoms with Crippen LogP contribution < -0.4 is 10.7 Å². The van der Waals surface area contributed by atoms with Crippen LogP contribution in [0.1, 0.15) is 0 Å². The third-order valence-corrected chi connectivity index (χ3v) is 4.76. The topological polar surface area (TPSA) is 75.7 Å². The van der Waals surface area contributed by atoms with Gasteiger partial charge in [-0.25, -0.2) is 4.79 Å². The van der Waals surface area contributed by atoms with Gasteiger partial charge in [0.15, 0.2) is 5.58 Å². The molecule has 0 saturated carbocycles. The molecule has 146 valence electrons. The molecule has 3 aromatic carbocycles. The number of nitrogens with zero attached hydrogens (tertiary/aromatic N) is 2. The number of aliphatic hydroxyl groups excluding tert-OH is 1. The second-order valence-corrected chi connectivity index (χ2v) is 6.61. The summed E-state index contributed by atoms with van der Waals surface area (Å²) < 4.78 is 6.65. The fraction of sp³-hybridized carbons (Fsp3) is 0.130. The van der Waals surface area contributed by atoms with Crippen LogP contribution in [0.5, 0.6) is 0 Å². The van der Waals surface area contributed by atoms with E-state index in [1.54, 1.807) is 18.2 Å². The number of para-hydroxylation sites is 1. The van der Waals surface area contributed by atoms with Crippen molar-refractivity contribution in [3.8, 4) is 11.1 Å². The number of fused-ring (bicyclic) bond motifs is 1. The monoisotopic (exact) mass is 388 g/mol. The van der Waals surface area contributed by atoms with Gasteiger partial charge >= 0.3 is 5.76 Å². The molecule has 1 aromatic heterocycles. The Morgan fingerprint density at radius 3 is 2.31 bits per heavy atom. The first-order chi connectivity index (χ1) is 14.2. The number of anilines is 1. The highest BCUT2D eigenvalue weighted by Gasteiger charge is 2.19. The molecule has 0 saturated heterocycles. The molecule has 0 radical (unpaired) electrons. The van der Waals surface area contributed by atoms with Gasteiger partial charge in [0.25, 0.3) is 0 Å². The SMILES string of the molecule is O=C(Cn1c(=O)oc2ccc(-c3ccccc3)cc21)N(CCO)c1ccccc1. The van der Waals surface area contributed by atoms with Gasteiger partial charge < -0.3 is 14.4 Å². The summed E-state index contributed by atoms with van der Waals surface area (Å²) in [5.74, 6) is -0.893. The number of carbonyl (C=O) groups excluding carboxylic acids is 1. The van der Waals surface area contributed by atoms with Gasteiger partial charge in [-0.2, -0.15) is 0 Å². The lowest BCUT2D eigenvalue weighted by Gasteiger charge is -2.22.